The number of benzene rings is 2. The number of rotatable bonds is 3. The Hall–Kier alpha value is -3.39. The van der Waals surface area contributed by atoms with Gasteiger partial charge in [-0.3, -0.25) is 4.79 Å². The number of piperazine rings is 1. The van der Waals surface area contributed by atoms with Crippen molar-refractivity contribution in [1.82, 2.24) is 14.7 Å². The minimum atomic E-state index is -0.296. The first kappa shape index (κ1) is 19.6. The number of nitrogens with zero attached hydrogens (tertiary/aromatic N) is 4. The van der Waals surface area contributed by atoms with Crippen LogP contribution in [0.25, 0.3) is 15.9 Å². The molecule has 31 heavy (non-hydrogen) atoms. The number of carbonyl (C=O) groups is 1. The molecule has 1 aliphatic heterocycles. The van der Waals surface area contributed by atoms with Crippen LogP contribution < -0.4 is 4.90 Å². The van der Waals surface area contributed by atoms with Crippen LogP contribution >= 0.6 is 11.3 Å². The van der Waals surface area contributed by atoms with E-state index in [-0.39, 0.29) is 17.5 Å². The third kappa shape index (κ3) is 3.63. The molecular formula is C23H21FN4O2S. The van der Waals surface area contributed by atoms with Crippen molar-refractivity contribution in [2.75, 3.05) is 31.1 Å². The van der Waals surface area contributed by atoms with Gasteiger partial charge in [0.25, 0.3) is 5.91 Å². The normalized spacial score (nSPS) is 14.4. The van der Waals surface area contributed by atoms with Gasteiger partial charge in [0.1, 0.15) is 16.4 Å². The smallest absolute Gasteiger partial charge is 0.264 e. The van der Waals surface area contributed by atoms with E-state index in [0.717, 1.165) is 27.3 Å². The molecule has 1 aliphatic rings. The van der Waals surface area contributed by atoms with Crippen LogP contribution in [0.5, 0.6) is 5.75 Å². The van der Waals surface area contributed by atoms with E-state index in [1.54, 1.807) is 28.9 Å². The number of fused-ring (bicyclic) bond motifs is 1. The van der Waals surface area contributed by atoms with Crippen molar-refractivity contribution in [2.24, 2.45) is 0 Å². The van der Waals surface area contributed by atoms with Crippen LogP contribution in [0.3, 0.4) is 0 Å². The summed E-state index contributed by atoms with van der Waals surface area (Å²) in [4.78, 5) is 18.8. The predicted molar refractivity (Wildman–Crippen MR) is 120 cm³/mol. The summed E-state index contributed by atoms with van der Waals surface area (Å²) >= 11 is 1.41. The zero-order valence-corrected chi connectivity index (χ0v) is 17.8. The van der Waals surface area contributed by atoms with E-state index in [9.17, 15) is 14.3 Å². The number of phenols is 1. The maximum Gasteiger partial charge on any atom is 0.264 e. The molecule has 1 fully saturated rings. The van der Waals surface area contributed by atoms with Crippen molar-refractivity contribution in [1.29, 1.82) is 0 Å². The highest BCUT2D eigenvalue weighted by Gasteiger charge is 2.25. The highest BCUT2D eigenvalue weighted by atomic mass is 32.1. The molecule has 6 nitrogen and oxygen atoms in total. The molecule has 3 heterocycles. The maximum atomic E-state index is 13.3. The summed E-state index contributed by atoms with van der Waals surface area (Å²) in [7, 11) is 0. The SMILES string of the molecule is Cc1nn(-c2ccc(F)cc2)c2sc(C(=O)N3CCN(c4cccc(O)c4)CC3)cc12. The van der Waals surface area contributed by atoms with Gasteiger partial charge in [-0.1, -0.05) is 6.07 Å². The standard InChI is InChI=1S/C23H21FN4O2S/c1-15-20-14-21(31-23(20)28(25-15)17-7-5-16(24)6-8-17)22(30)27-11-9-26(10-12-27)18-3-2-4-19(29)13-18/h2-8,13-14,29H,9-12H2,1H3. The molecule has 0 atom stereocenters. The summed E-state index contributed by atoms with van der Waals surface area (Å²) in [6, 6.07) is 15.3. The molecule has 1 N–H and O–H groups in total. The molecule has 4 aromatic rings. The Labute approximate surface area is 182 Å². The second kappa shape index (κ2) is 7.70. The van der Waals surface area contributed by atoms with Crippen LogP contribution in [0, 0.1) is 12.7 Å². The molecule has 5 rings (SSSR count). The Bertz CT molecular complexity index is 1260. The fourth-order valence-corrected chi connectivity index (χ4v) is 5.07. The third-order valence-electron chi connectivity index (χ3n) is 5.59. The Balaban J connectivity index is 1.36. The number of aryl methyl sites for hydroxylation is 1. The Kier molecular flexibility index (Phi) is 4.86. The minimum Gasteiger partial charge on any atom is -0.508 e. The number of anilines is 1. The molecule has 1 amide bonds. The summed E-state index contributed by atoms with van der Waals surface area (Å²) in [6.45, 7) is 4.57. The number of halogens is 1. The average molecular weight is 437 g/mol. The number of phenolic OH excluding ortho intramolecular Hbond substituents is 1. The molecule has 1 saturated heterocycles. The molecule has 2 aromatic heterocycles. The first-order valence-electron chi connectivity index (χ1n) is 10.1. The van der Waals surface area contributed by atoms with E-state index in [2.05, 4.69) is 10.00 Å². The average Bonchev–Trinajstić information content (AvgIpc) is 3.35. The van der Waals surface area contributed by atoms with Crippen molar-refractivity contribution in [3.63, 3.8) is 0 Å². The Morgan fingerprint density at radius 1 is 1.03 bits per heavy atom. The molecule has 0 bridgehead atoms. The zero-order chi connectivity index (χ0) is 21.5. The van der Waals surface area contributed by atoms with Gasteiger partial charge in [0.05, 0.1) is 16.3 Å². The molecule has 0 spiro atoms. The highest BCUT2D eigenvalue weighted by molar-refractivity contribution is 7.20. The largest absolute Gasteiger partial charge is 0.508 e. The lowest BCUT2D eigenvalue weighted by molar-refractivity contribution is 0.0751. The number of amides is 1. The molecule has 0 unspecified atom stereocenters. The van der Waals surface area contributed by atoms with E-state index in [4.69, 9.17) is 0 Å². The summed E-state index contributed by atoms with van der Waals surface area (Å²) in [5.41, 5.74) is 2.56. The fourth-order valence-electron chi connectivity index (χ4n) is 3.92. The second-order valence-corrected chi connectivity index (χ2v) is 8.63. The van der Waals surface area contributed by atoms with E-state index in [1.165, 1.54) is 23.5 Å². The summed E-state index contributed by atoms with van der Waals surface area (Å²) < 4.78 is 15.1. The molecule has 0 radical (unpaired) electrons. The van der Waals surface area contributed by atoms with Crippen LogP contribution in [0.15, 0.2) is 54.6 Å². The highest BCUT2D eigenvalue weighted by Crippen LogP contribution is 2.31. The first-order chi connectivity index (χ1) is 15.0. The number of hydrogen-bond acceptors (Lipinski definition) is 5. The van der Waals surface area contributed by atoms with Gasteiger partial charge in [0, 0.05) is 43.3 Å². The number of aromatic nitrogens is 2. The predicted octanol–water partition coefficient (Wildman–Crippen LogP) is 4.20. The van der Waals surface area contributed by atoms with Crippen LogP contribution in [0.1, 0.15) is 15.4 Å². The minimum absolute atomic E-state index is 0.0156. The lowest BCUT2D eigenvalue weighted by atomic mass is 10.2. The maximum absolute atomic E-state index is 13.3. The van der Waals surface area contributed by atoms with Gasteiger partial charge in [0.15, 0.2) is 0 Å². The van der Waals surface area contributed by atoms with Gasteiger partial charge < -0.3 is 14.9 Å². The first-order valence-corrected chi connectivity index (χ1v) is 10.9. The van der Waals surface area contributed by atoms with Crippen molar-refractivity contribution >= 4 is 33.1 Å². The molecule has 158 valence electrons. The van der Waals surface area contributed by atoms with E-state index >= 15 is 0 Å². The Morgan fingerprint density at radius 2 is 1.77 bits per heavy atom. The van der Waals surface area contributed by atoms with Crippen molar-refractivity contribution in [3.05, 3.63) is 71.0 Å². The van der Waals surface area contributed by atoms with E-state index < -0.39 is 0 Å². The molecule has 8 heteroatoms. The zero-order valence-electron chi connectivity index (χ0n) is 17.0. The number of thiophene rings is 1. The van der Waals surface area contributed by atoms with Crippen molar-refractivity contribution < 1.29 is 14.3 Å². The van der Waals surface area contributed by atoms with E-state index in [0.29, 0.717) is 31.1 Å². The third-order valence-corrected chi connectivity index (χ3v) is 6.69. The van der Waals surface area contributed by atoms with E-state index in [1.807, 2.05) is 30.0 Å². The Morgan fingerprint density at radius 3 is 2.48 bits per heavy atom. The van der Waals surface area contributed by atoms with Gasteiger partial charge >= 0.3 is 0 Å². The number of carbonyl (C=O) groups excluding carboxylic acids is 1. The van der Waals surface area contributed by atoms with Gasteiger partial charge in [-0.15, -0.1) is 11.3 Å². The van der Waals surface area contributed by atoms with Crippen molar-refractivity contribution in [2.45, 2.75) is 6.92 Å². The quantitative estimate of drug-likeness (QED) is 0.523. The molecule has 2 aromatic carbocycles. The monoisotopic (exact) mass is 436 g/mol. The van der Waals surface area contributed by atoms with Crippen LogP contribution in [-0.2, 0) is 0 Å². The van der Waals surface area contributed by atoms with Gasteiger partial charge in [0.2, 0.25) is 0 Å². The van der Waals surface area contributed by atoms with Gasteiger partial charge in [-0.05, 0) is 49.4 Å². The summed E-state index contributed by atoms with van der Waals surface area (Å²) in [5.74, 6) is -0.0376. The summed E-state index contributed by atoms with van der Waals surface area (Å²) in [5, 5.41) is 15.2. The topological polar surface area (TPSA) is 61.6 Å². The molecular weight excluding hydrogens is 415 g/mol. The van der Waals surface area contributed by atoms with Crippen LogP contribution in [-0.4, -0.2) is 51.9 Å². The lowest BCUT2D eigenvalue weighted by Gasteiger charge is -2.36. The number of hydrogen-bond donors (Lipinski definition) is 1. The van der Waals surface area contributed by atoms with Crippen molar-refractivity contribution in [3.8, 4) is 11.4 Å². The fraction of sp³-hybridized carbons (Fsp3) is 0.217. The molecule has 0 aliphatic carbocycles. The summed E-state index contributed by atoms with van der Waals surface area (Å²) in [6.07, 6.45) is 0. The van der Waals surface area contributed by atoms with Gasteiger partial charge in [-0.25, -0.2) is 9.07 Å². The van der Waals surface area contributed by atoms with Crippen LogP contribution in [0.2, 0.25) is 0 Å². The number of aromatic hydroxyl groups is 1. The lowest BCUT2D eigenvalue weighted by Crippen LogP contribution is -2.48. The van der Waals surface area contributed by atoms with Crippen LogP contribution in [0.4, 0.5) is 10.1 Å². The second-order valence-electron chi connectivity index (χ2n) is 7.60. The molecule has 0 saturated carbocycles. The van der Waals surface area contributed by atoms with Gasteiger partial charge in [-0.2, -0.15) is 5.10 Å².